The number of hydrogen-bond acceptors (Lipinski definition) is 5. The number of guanidine groups is 1. The number of hydrogen-bond donors (Lipinski definition) is 1. The molecular weight excluding hydrogens is 280 g/mol. The van der Waals surface area contributed by atoms with Gasteiger partial charge in [-0.05, 0) is 30.5 Å². The van der Waals surface area contributed by atoms with Crippen molar-refractivity contribution >= 4 is 5.96 Å². The Hall–Kier alpha value is -2.05. The van der Waals surface area contributed by atoms with E-state index in [1.165, 1.54) is 7.11 Å². The van der Waals surface area contributed by atoms with E-state index in [0.29, 0.717) is 18.5 Å². The average Bonchev–Trinajstić information content (AvgIpc) is 3.21. The van der Waals surface area contributed by atoms with Crippen molar-refractivity contribution < 1.29 is 18.3 Å². The van der Waals surface area contributed by atoms with E-state index in [1.54, 1.807) is 12.1 Å². The van der Waals surface area contributed by atoms with Gasteiger partial charge >= 0.3 is 6.61 Å². The monoisotopic (exact) mass is 297 g/mol. The second-order valence-electron chi connectivity index (χ2n) is 5.14. The summed E-state index contributed by atoms with van der Waals surface area (Å²) in [5.74, 6) is 0.838. The average molecular weight is 297 g/mol. The van der Waals surface area contributed by atoms with Crippen LogP contribution in [0, 0.1) is 0 Å². The van der Waals surface area contributed by atoms with Crippen LogP contribution in [0.25, 0.3) is 0 Å². The Labute approximate surface area is 121 Å². The minimum atomic E-state index is -2.89. The van der Waals surface area contributed by atoms with Gasteiger partial charge in [0.1, 0.15) is 0 Å². The molecule has 1 aliphatic carbocycles. The van der Waals surface area contributed by atoms with E-state index in [2.05, 4.69) is 14.6 Å². The number of halogens is 2. The van der Waals surface area contributed by atoms with Crippen molar-refractivity contribution in [3.63, 3.8) is 0 Å². The van der Waals surface area contributed by atoms with Gasteiger partial charge in [0, 0.05) is 6.04 Å². The van der Waals surface area contributed by atoms with Crippen LogP contribution in [0.5, 0.6) is 11.5 Å². The van der Waals surface area contributed by atoms with Crippen LogP contribution in [0.4, 0.5) is 8.78 Å². The summed E-state index contributed by atoms with van der Waals surface area (Å²) >= 11 is 0. The first-order chi connectivity index (χ1) is 10.1. The van der Waals surface area contributed by atoms with Crippen molar-refractivity contribution in [2.45, 2.75) is 31.5 Å². The van der Waals surface area contributed by atoms with Crippen LogP contribution < -0.4 is 15.2 Å². The second-order valence-corrected chi connectivity index (χ2v) is 5.14. The lowest BCUT2D eigenvalue weighted by atomic mass is 10.1. The van der Waals surface area contributed by atoms with E-state index in [1.807, 2.05) is 6.07 Å². The topological polar surface area (TPSA) is 60.1 Å². The summed E-state index contributed by atoms with van der Waals surface area (Å²) in [7, 11) is 1.42. The van der Waals surface area contributed by atoms with E-state index in [0.717, 1.165) is 18.4 Å². The van der Waals surface area contributed by atoms with Gasteiger partial charge < -0.3 is 20.1 Å². The molecule has 1 fully saturated rings. The van der Waals surface area contributed by atoms with Crippen molar-refractivity contribution in [3.8, 4) is 11.5 Å². The molecular formula is C14H17F2N3O2. The third-order valence-electron chi connectivity index (χ3n) is 3.76. The van der Waals surface area contributed by atoms with Crippen LogP contribution in [0.15, 0.2) is 23.2 Å². The van der Waals surface area contributed by atoms with Crippen LogP contribution in [-0.4, -0.2) is 37.2 Å². The summed E-state index contributed by atoms with van der Waals surface area (Å²) in [4.78, 5) is 6.33. The summed E-state index contributed by atoms with van der Waals surface area (Å²) < 4.78 is 34.6. The summed E-state index contributed by atoms with van der Waals surface area (Å²) in [6.07, 6.45) is 2.17. The highest BCUT2D eigenvalue weighted by atomic mass is 19.3. The van der Waals surface area contributed by atoms with Crippen molar-refractivity contribution in [2.24, 2.45) is 10.7 Å². The van der Waals surface area contributed by atoms with Gasteiger partial charge in [0.15, 0.2) is 17.5 Å². The fourth-order valence-electron chi connectivity index (χ4n) is 2.66. The summed E-state index contributed by atoms with van der Waals surface area (Å²) in [6.45, 7) is -2.36. The van der Waals surface area contributed by atoms with E-state index in [4.69, 9.17) is 10.5 Å². The number of rotatable bonds is 5. The molecule has 1 aromatic carbocycles. The minimum absolute atomic E-state index is 0.0246. The molecule has 1 aromatic rings. The fraction of sp³-hybridized carbons (Fsp3) is 0.500. The highest BCUT2D eigenvalue weighted by Gasteiger charge is 2.39. The number of alkyl halides is 2. The fourth-order valence-corrected chi connectivity index (χ4v) is 2.66. The van der Waals surface area contributed by atoms with Gasteiger partial charge in [0.25, 0.3) is 0 Å². The molecule has 1 unspecified atom stereocenters. The summed E-state index contributed by atoms with van der Waals surface area (Å²) in [5.41, 5.74) is 6.77. The molecule has 7 heteroatoms. The normalized spacial score (nSPS) is 21.6. The van der Waals surface area contributed by atoms with E-state index in [-0.39, 0.29) is 17.5 Å². The number of nitrogens with zero attached hydrogens (tertiary/aromatic N) is 2. The number of methoxy groups -OCH3 is 1. The van der Waals surface area contributed by atoms with Crippen LogP contribution >= 0.6 is 0 Å². The van der Waals surface area contributed by atoms with E-state index < -0.39 is 6.61 Å². The highest BCUT2D eigenvalue weighted by molar-refractivity contribution is 5.81. The number of aliphatic imine (C=N–C) groups is 1. The Morgan fingerprint density at radius 2 is 2.10 bits per heavy atom. The largest absolute Gasteiger partial charge is 0.493 e. The molecule has 1 atom stereocenters. The Bertz CT molecular complexity index is 561. The lowest BCUT2D eigenvalue weighted by Gasteiger charge is -2.27. The predicted molar refractivity (Wildman–Crippen MR) is 73.7 cm³/mol. The molecule has 1 heterocycles. The van der Waals surface area contributed by atoms with Gasteiger partial charge in [-0.1, -0.05) is 6.07 Å². The molecule has 114 valence electrons. The zero-order chi connectivity index (χ0) is 15.0. The minimum Gasteiger partial charge on any atom is -0.493 e. The van der Waals surface area contributed by atoms with Crippen molar-refractivity contribution in [3.05, 3.63) is 23.8 Å². The zero-order valence-corrected chi connectivity index (χ0v) is 11.6. The maximum Gasteiger partial charge on any atom is 0.387 e. The first-order valence-electron chi connectivity index (χ1n) is 6.81. The van der Waals surface area contributed by atoms with Gasteiger partial charge in [0.2, 0.25) is 0 Å². The molecule has 0 radical (unpaired) electrons. The van der Waals surface area contributed by atoms with Crippen molar-refractivity contribution in [2.75, 3.05) is 13.7 Å². The number of nitrogens with two attached hydrogens (primary N) is 1. The number of ether oxygens (including phenoxy) is 2. The molecule has 0 spiro atoms. The Morgan fingerprint density at radius 3 is 2.71 bits per heavy atom. The lowest BCUT2D eigenvalue weighted by Crippen LogP contribution is -2.37. The molecule has 0 saturated heterocycles. The third-order valence-corrected chi connectivity index (χ3v) is 3.76. The summed E-state index contributed by atoms with van der Waals surface area (Å²) in [6, 6.07) is 5.43. The molecule has 0 bridgehead atoms. The molecule has 5 nitrogen and oxygen atoms in total. The van der Waals surface area contributed by atoms with E-state index in [9.17, 15) is 8.78 Å². The van der Waals surface area contributed by atoms with Gasteiger partial charge in [-0.15, -0.1) is 0 Å². The van der Waals surface area contributed by atoms with Gasteiger partial charge in [-0.2, -0.15) is 8.78 Å². The first-order valence-corrected chi connectivity index (χ1v) is 6.81. The second kappa shape index (κ2) is 5.38. The summed E-state index contributed by atoms with van der Waals surface area (Å²) in [5, 5.41) is 0. The molecule has 2 N–H and O–H groups in total. The highest BCUT2D eigenvalue weighted by Crippen LogP contribution is 2.39. The standard InChI is InChI=1S/C14H17F2N3O2/c1-20-11-5-2-8(6-12(11)21-13(15)16)10-7-18-14(17)19(10)9-3-4-9/h2,5-6,9-10,13H,3-4,7H2,1H3,(H2,17,18). The van der Waals surface area contributed by atoms with Crippen LogP contribution in [-0.2, 0) is 0 Å². The molecule has 2 aliphatic rings. The maximum atomic E-state index is 12.5. The predicted octanol–water partition coefficient (Wildman–Crippen LogP) is 2.13. The lowest BCUT2D eigenvalue weighted by molar-refractivity contribution is -0.0512. The van der Waals surface area contributed by atoms with Crippen LogP contribution in [0.1, 0.15) is 24.4 Å². The molecule has 21 heavy (non-hydrogen) atoms. The smallest absolute Gasteiger partial charge is 0.387 e. The Morgan fingerprint density at radius 1 is 1.33 bits per heavy atom. The molecule has 3 rings (SSSR count). The third kappa shape index (κ3) is 2.72. The van der Waals surface area contributed by atoms with Crippen molar-refractivity contribution in [1.82, 2.24) is 4.90 Å². The number of benzene rings is 1. The van der Waals surface area contributed by atoms with Crippen LogP contribution in [0.3, 0.4) is 0 Å². The Kier molecular flexibility index (Phi) is 3.57. The van der Waals surface area contributed by atoms with Crippen LogP contribution in [0.2, 0.25) is 0 Å². The quantitative estimate of drug-likeness (QED) is 0.904. The van der Waals surface area contributed by atoms with Gasteiger partial charge in [0.05, 0.1) is 19.7 Å². The van der Waals surface area contributed by atoms with Gasteiger partial charge in [-0.25, -0.2) is 0 Å². The zero-order valence-electron chi connectivity index (χ0n) is 11.6. The van der Waals surface area contributed by atoms with Crippen molar-refractivity contribution in [1.29, 1.82) is 0 Å². The molecule has 1 aliphatic heterocycles. The molecule has 0 aromatic heterocycles. The maximum absolute atomic E-state index is 12.5. The SMILES string of the molecule is COc1ccc(C2CN=C(N)N2C2CC2)cc1OC(F)F. The molecule has 0 amide bonds. The van der Waals surface area contributed by atoms with E-state index >= 15 is 0 Å². The Balaban J connectivity index is 1.88. The first kappa shape index (κ1) is 13.9. The molecule has 1 saturated carbocycles. The van der Waals surface area contributed by atoms with Gasteiger partial charge in [-0.3, -0.25) is 4.99 Å².